The summed E-state index contributed by atoms with van der Waals surface area (Å²) in [6.07, 6.45) is -3.68. The standard InChI is InChI=1S/C9H5F2IO4/c1-14-8(13)4-2-5(12)7-6(3-4)15-9(10,11)16-7/h2-3H,1H3. The van der Waals surface area contributed by atoms with Crippen LogP contribution in [-0.2, 0) is 4.74 Å². The third-order valence-electron chi connectivity index (χ3n) is 1.88. The van der Waals surface area contributed by atoms with Gasteiger partial charge in [0, 0.05) is 0 Å². The highest BCUT2D eigenvalue weighted by molar-refractivity contribution is 14.1. The predicted octanol–water partition coefficient (Wildman–Crippen LogP) is 2.40. The van der Waals surface area contributed by atoms with Crippen LogP contribution in [0.1, 0.15) is 10.4 Å². The van der Waals surface area contributed by atoms with Crippen LogP contribution in [0, 0.1) is 3.57 Å². The van der Waals surface area contributed by atoms with Crippen LogP contribution >= 0.6 is 22.6 Å². The quantitative estimate of drug-likeness (QED) is 0.581. The van der Waals surface area contributed by atoms with E-state index in [0.717, 1.165) is 6.07 Å². The van der Waals surface area contributed by atoms with Crippen LogP contribution in [0.3, 0.4) is 0 Å². The van der Waals surface area contributed by atoms with Gasteiger partial charge in [0.25, 0.3) is 0 Å². The van der Waals surface area contributed by atoms with Gasteiger partial charge in [0.2, 0.25) is 0 Å². The zero-order chi connectivity index (χ0) is 11.9. The first-order chi connectivity index (χ1) is 7.43. The molecule has 1 aromatic carbocycles. The van der Waals surface area contributed by atoms with Gasteiger partial charge >= 0.3 is 12.3 Å². The van der Waals surface area contributed by atoms with E-state index in [-0.39, 0.29) is 17.1 Å². The number of fused-ring (bicyclic) bond motifs is 1. The maximum atomic E-state index is 12.8. The SMILES string of the molecule is COC(=O)c1cc(I)c2c(c1)OC(F)(F)O2. The normalized spacial score (nSPS) is 16.0. The number of carbonyl (C=O) groups is 1. The van der Waals surface area contributed by atoms with Gasteiger partial charge in [0.1, 0.15) is 0 Å². The fraction of sp³-hybridized carbons (Fsp3) is 0.222. The number of hydrogen-bond acceptors (Lipinski definition) is 4. The van der Waals surface area contributed by atoms with Crippen molar-refractivity contribution in [1.82, 2.24) is 0 Å². The lowest BCUT2D eigenvalue weighted by atomic mass is 10.2. The number of halogens is 3. The average molecular weight is 342 g/mol. The molecule has 0 bridgehead atoms. The molecular formula is C9H5F2IO4. The number of hydrogen-bond donors (Lipinski definition) is 0. The van der Waals surface area contributed by atoms with Gasteiger partial charge in [-0.15, -0.1) is 8.78 Å². The maximum Gasteiger partial charge on any atom is 0.586 e. The van der Waals surface area contributed by atoms with Crippen molar-refractivity contribution in [2.75, 3.05) is 7.11 Å². The van der Waals surface area contributed by atoms with Crippen molar-refractivity contribution in [2.45, 2.75) is 6.29 Å². The largest absolute Gasteiger partial charge is 0.586 e. The molecular weight excluding hydrogens is 337 g/mol. The Bertz CT molecular complexity index is 461. The van der Waals surface area contributed by atoms with Crippen LogP contribution in [0.15, 0.2) is 12.1 Å². The Morgan fingerprint density at radius 2 is 2.12 bits per heavy atom. The molecule has 0 aromatic heterocycles. The van der Waals surface area contributed by atoms with Gasteiger partial charge < -0.3 is 14.2 Å². The Balaban J connectivity index is 2.46. The first-order valence-electron chi connectivity index (χ1n) is 4.10. The number of carbonyl (C=O) groups excluding carboxylic acids is 1. The van der Waals surface area contributed by atoms with Gasteiger partial charge in [-0.2, -0.15) is 0 Å². The minimum Gasteiger partial charge on any atom is -0.465 e. The molecule has 0 radical (unpaired) electrons. The molecule has 0 saturated carbocycles. The van der Waals surface area contributed by atoms with Crippen molar-refractivity contribution in [2.24, 2.45) is 0 Å². The first kappa shape index (κ1) is 11.4. The Hall–Kier alpha value is -1.12. The molecule has 7 heteroatoms. The highest BCUT2D eigenvalue weighted by Crippen LogP contribution is 2.44. The second kappa shape index (κ2) is 3.72. The summed E-state index contributed by atoms with van der Waals surface area (Å²) in [5, 5.41) is 0. The summed E-state index contributed by atoms with van der Waals surface area (Å²) < 4.78 is 38.9. The molecule has 0 atom stereocenters. The summed E-state index contributed by atoms with van der Waals surface area (Å²) in [5.41, 5.74) is 0.131. The molecule has 0 aliphatic carbocycles. The highest BCUT2D eigenvalue weighted by atomic mass is 127. The molecule has 4 nitrogen and oxygen atoms in total. The molecule has 0 spiro atoms. The van der Waals surface area contributed by atoms with Crippen molar-refractivity contribution in [1.29, 1.82) is 0 Å². The van der Waals surface area contributed by atoms with E-state index in [0.29, 0.717) is 3.57 Å². The van der Waals surface area contributed by atoms with Crippen molar-refractivity contribution < 1.29 is 27.8 Å². The fourth-order valence-corrected chi connectivity index (χ4v) is 1.96. The van der Waals surface area contributed by atoms with E-state index in [1.807, 2.05) is 0 Å². The lowest BCUT2D eigenvalue weighted by molar-refractivity contribution is -0.287. The van der Waals surface area contributed by atoms with Gasteiger partial charge in [-0.25, -0.2) is 4.79 Å². The molecule has 1 aromatic rings. The summed E-state index contributed by atoms with van der Waals surface area (Å²) in [7, 11) is 1.20. The van der Waals surface area contributed by atoms with Gasteiger partial charge in [-0.05, 0) is 34.7 Å². The number of esters is 1. The molecule has 16 heavy (non-hydrogen) atoms. The minimum atomic E-state index is -3.68. The molecule has 1 heterocycles. The molecule has 0 amide bonds. The molecule has 2 rings (SSSR count). The topological polar surface area (TPSA) is 44.8 Å². The van der Waals surface area contributed by atoms with E-state index in [9.17, 15) is 13.6 Å². The maximum absolute atomic E-state index is 12.8. The van der Waals surface area contributed by atoms with E-state index in [1.54, 1.807) is 22.6 Å². The van der Waals surface area contributed by atoms with Crippen molar-refractivity contribution >= 4 is 28.6 Å². The van der Waals surface area contributed by atoms with Crippen molar-refractivity contribution in [3.05, 3.63) is 21.3 Å². The van der Waals surface area contributed by atoms with Gasteiger partial charge in [0.05, 0.1) is 16.2 Å². The minimum absolute atomic E-state index is 0.0711. The highest BCUT2D eigenvalue weighted by Gasteiger charge is 2.44. The Morgan fingerprint density at radius 3 is 2.75 bits per heavy atom. The van der Waals surface area contributed by atoms with Crippen molar-refractivity contribution in [3.63, 3.8) is 0 Å². The molecule has 0 fully saturated rings. The predicted molar refractivity (Wildman–Crippen MR) is 56.7 cm³/mol. The molecule has 0 N–H and O–H groups in total. The number of benzene rings is 1. The van der Waals surface area contributed by atoms with Crippen LogP contribution in [0.2, 0.25) is 0 Å². The van der Waals surface area contributed by atoms with E-state index in [4.69, 9.17) is 0 Å². The van der Waals surface area contributed by atoms with Gasteiger partial charge in [0.15, 0.2) is 11.5 Å². The van der Waals surface area contributed by atoms with Gasteiger partial charge in [-0.3, -0.25) is 0 Å². The third-order valence-corrected chi connectivity index (χ3v) is 2.68. The Morgan fingerprint density at radius 1 is 1.44 bits per heavy atom. The Kier molecular flexibility index (Phi) is 2.64. The number of rotatable bonds is 1. The van der Waals surface area contributed by atoms with Crippen LogP contribution in [0.4, 0.5) is 8.78 Å². The van der Waals surface area contributed by atoms with E-state index in [1.165, 1.54) is 13.2 Å². The molecule has 86 valence electrons. The monoisotopic (exact) mass is 342 g/mol. The van der Waals surface area contributed by atoms with Crippen LogP contribution in [0.25, 0.3) is 0 Å². The summed E-state index contributed by atoms with van der Waals surface area (Å²) >= 11 is 1.77. The zero-order valence-electron chi connectivity index (χ0n) is 7.92. The summed E-state index contributed by atoms with van der Waals surface area (Å²) in [6, 6.07) is 2.54. The molecule has 0 unspecified atom stereocenters. The Labute approximate surface area is 103 Å². The van der Waals surface area contributed by atoms with E-state index >= 15 is 0 Å². The lowest BCUT2D eigenvalue weighted by Crippen LogP contribution is -2.26. The van der Waals surface area contributed by atoms with E-state index < -0.39 is 12.3 Å². The van der Waals surface area contributed by atoms with Crippen molar-refractivity contribution in [3.8, 4) is 11.5 Å². The van der Waals surface area contributed by atoms with Crippen LogP contribution in [-0.4, -0.2) is 19.4 Å². The van der Waals surface area contributed by atoms with Crippen LogP contribution in [0.5, 0.6) is 11.5 Å². The average Bonchev–Trinajstić information content (AvgIpc) is 2.52. The second-order valence-corrected chi connectivity index (χ2v) is 4.11. The smallest absolute Gasteiger partial charge is 0.465 e. The molecule has 1 aliphatic rings. The van der Waals surface area contributed by atoms with E-state index in [2.05, 4.69) is 14.2 Å². The second-order valence-electron chi connectivity index (χ2n) is 2.94. The van der Waals surface area contributed by atoms with Crippen LogP contribution < -0.4 is 9.47 Å². The summed E-state index contributed by atoms with van der Waals surface area (Å²) in [6.45, 7) is 0. The molecule has 1 aliphatic heterocycles. The third kappa shape index (κ3) is 1.91. The lowest BCUT2D eigenvalue weighted by Gasteiger charge is -2.04. The first-order valence-corrected chi connectivity index (χ1v) is 5.18. The zero-order valence-corrected chi connectivity index (χ0v) is 10.1. The van der Waals surface area contributed by atoms with Gasteiger partial charge in [-0.1, -0.05) is 0 Å². The molecule has 0 saturated heterocycles. The fourth-order valence-electron chi connectivity index (χ4n) is 1.25. The summed E-state index contributed by atoms with van der Waals surface area (Å²) in [4.78, 5) is 11.2. The number of ether oxygens (including phenoxy) is 3. The number of alkyl halides is 2. The summed E-state index contributed by atoms with van der Waals surface area (Å²) in [5.74, 6) is -0.866. The number of methoxy groups -OCH3 is 1.